The van der Waals surface area contributed by atoms with Crippen LogP contribution in [0.5, 0.6) is 5.75 Å². The summed E-state index contributed by atoms with van der Waals surface area (Å²) in [4.78, 5) is 24.0. The Morgan fingerprint density at radius 1 is 0.789 bits per heavy atom. The third-order valence-electron chi connectivity index (χ3n) is 5.79. The van der Waals surface area contributed by atoms with Crippen LogP contribution in [0.4, 0.5) is 0 Å². The molecular weight excluding hydrogens is 480 g/mol. The predicted octanol–water partition coefficient (Wildman–Crippen LogP) is 6.06. The van der Waals surface area contributed by atoms with Crippen LogP contribution in [0.15, 0.2) is 91.0 Å². The summed E-state index contributed by atoms with van der Waals surface area (Å²) in [6.45, 7) is 10.8. The molecule has 3 aromatic carbocycles. The lowest BCUT2D eigenvalue weighted by molar-refractivity contribution is -0.140. The number of hydrogen-bond donors (Lipinski definition) is 1. The van der Waals surface area contributed by atoms with E-state index >= 15 is 0 Å². The van der Waals surface area contributed by atoms with Crippen molar-refractivity contribution in [2.24, 2.45) is 0 Å². The van der Waals surface area contributed by atoms with Gasteiger partial charge in [0.15, 0.2) is 0 Å². The highest BCUT2D eigenvalue weighted by Gasteiger charge is 2.18. The highest BCUT2D eigenvalue weighted by Crippen LogP contribution is 2.38. The van der Waals surface area contributed by atoms with E-state index in [2.05, 4.69) is 13.2 Å². The van der Waals surface area contributed by atoms with E-state index in [0.717, 1.165) is 39.8 Å². The van der Waals surface area contributed by atoms with E-state index in [0.29, 0.717) is 23.3 Å². The minimum absolute atomic E-state index is 0.0228. The lowest BCUT2D eigenvalue weighted by atomic mass is 9.93. The van der Waals surface area contributed by atoms with Gasteiger partial charge in [-0.1, -0.05) is 67.8 Å². The van der Waals surface area contributed by atoms with E-state index in [4.69, 9.17) is 19.3 Å². The molecule has 6 heteroatoms. The molecule has 0 aromatic heterocycles. The first kappa shape index (κ1) is 28.4. The first-order chi connectivity index (χ1) is 18.3. The molecular formula is C32H34O6. The lowest BCUT2D eigenvalue weighted by Crippen LogP contribution is -2.13. The van der Waals surface area contributed by atoms with Crippen molar-refractivity contribution in [2.45, 2.75) is 33.3 Å². The second-order valence-electron chi connectivity index (χ2n) is 9.02. The highest BCUT2D eigenvalue weighted by molar-refractivity contribution is 5.87. The maximum atomic E-state index is 12.2. The van der Waals surface area contributed by atoms with Crippen LogP contribution < -0.4 is 4.74 Å². The summed E-state index contributed by atoms with van der Waals surface area (Å²) in [6, 6.07) is 21.8. The van der Waals surface area contributed by atoms with E-state index in [9.17, 15) is 9.59 Å². The molecule has 0 aliphatic heterocycles. The molecule has 3 rings (SSSR count). The van der Waals surface area contributed by atoms with Crippen LogP contribution in [0.3, 0.4) is 0 Å². The largest absolute Gasteiger partial charge is 0.489 e. The maximum absolute atomic E-state index is 12.2. The molecule has 38 heavy (non-hydrogen) atoms. The van der Waals surface area contributed by atoms with Gasteiger partial charge in [-0.3, -0.25) is 0 Å². The monoisotopic (exact) mass is 514 g/mol. The van der Waals surface area contributed by atoms with Crippen LogP contribution in [-0.2, 0) is 32.1 Å². The number of aliphatic hydroxyl groups is 1. The molecule has 0 unspecified atom stereocenters. The third kappa shape index (κ3) is 7.92. The molecule has 1 N–H and O–H groups in total. The Labute approximate surface area is 224 Å². The predicted molar refractivity (Wildman–Crippen MR) is 149 cm³/mol. The number of carbonyl (C=O) groups is 2. The van der Waals surface area contributed by atoms with Gasteiger partial charge in [-0.2, -0.15) is 0 Å². The average Bonchev–Trinajstić information content (AvgIpc) is 2.93. The third-order valence-corrected chi connectivity index (χ3v) is 5.79. The number of aryl methyl sites for hydroxylation is 1. The minimum Gasteiger partial charge on any atom is -0.489 e. The quantitative estimate of drug-likeness (QED) is 0.170. The molecule has 0 aliphatic rings. The van der Waals surface area contributed by atoms with E-state index in [-0.39, 0.29) is 26.4 Å². The fourth-order valence-electron chi connectivity index (χ4n) is 3.82. The Bertz CT molecular complexity index is 1280. The van der Waals surface area contributed by atoms with Gasteiger partial charge in [0.25, 0.3) is 0 Å². The summed E-state index contributed by atoms with van der Waals surface area (Å²) in [7, 11) is 0. The Balaban J connectivity index is 2.04. The van der Waals surface area contributed by atoms with Crippen molar-refractivity contribution in [1.29, 1.82) is 0 Å². The van der Waals surface area contributed by atoms with Crippen LogP contribution in [0, 0.1) is 0 Å². The summed E-state index contributed by atoms with van der Waals surface area (Å²) in [5, 5.41) is 9.16. The highest BCUT2D eigenvalue weighted by atomic mass is 16.6. The van der Waals surface area contributed by atoms with Crippen LogP contribution >= 0.6 is 0 Å². The van der Waals surface area contributed by atoms with E-state index in [1.54, 1.807) is 13.8 Å². The zero-order chi connectivity index (χ0) is 27.5. The van der Waals surface area contributed by atoms with Crippen molar-refractivity contribution in [2.75, 3.05) is 19.8 Å². The maximum Gasteiger partial charge on any atom is 0.333 e. The van der Waals surface area contributed by atoms with Gasteiger partial charge in [0, 0.05) is 28.9 Å². The molecule has 0 aliphatic carbocycles. The Morgan fingerprint density at radius 3 is 2.08 bits per heavy atom. The minimum atomic E-state index is -0.477. The van der Waals surface area contributed by atoms with Gasteiger partial charge < -0.3 is 19.3 Å². The average molecular weight is 515 g/mol. The van der Waals surface area contributed by atoms with E-state index in [1.165, 1.54) is 0 Å². The van der Waals surface area contributed by atoms with Gasteiger partial charge in [-0.15, -0.1) is 0 Å². The molecule has 0 bridgehead atoms. The van der Waals surface area contributed by atoms with Gasteiger partial charge in [0.2, 0.25) is 0 Å². The fraction of sp³-hybridized carbons (Fsp3) is 0.250. The van der Waals surface area contributed by atoms with Gasteiger partial charge in [-0.05, 0) is 61.1 Å². The second-order valence-corrected chi connectivity index (χ2v) is 9.02. The number of ether oxygens (including phenoxy) is 3. The molecule has 0 radical (unpaired) electrons. The van der Waals surface area contributed by atoms with Gasteiger partial charge >= 0.3 is 11.9 Å². The molecule has 0 amide bonds. The number of esters is 2. The zero-order valence-electron chi connectivity index (χ0n) is 22.0. The van der Waals surface area contributed by atoms with E-state index < -0.39 is 11.9 Å². The smallest absolute Gasteiger partial charge is 0.333 e. The normalized spacial score (nSPS) is 10.5. The van der Waals surface area contributed by atoms with Crippen LogP contribution in [0.25, 0.3) is 22.3 Å². The number of carbonyl (C=O) groups excluding carboxylic acids is 2. The van der Waals surface area contributed by atoms with E-state index in [1.807, 2.05) is 66.7 Å². The summed E-state index contributed by atoms with van der Waals surface area (Å²) >= 11 is 0. The topological polar surface area (TPSA) is 82.1 Å². The second kappa shape index (κ2) is 14.0. The Hall–Kier alpha value is -4.16. The summed E-state index contributed by atoms with van der Waals surface area (Å²) in [5.41, 5.74) is 6.03. The standard InChI is InChI=1S/C32H34O6/c1-22(2)31(34)37-18-17-36-29-20-27(25-10-6-5-7-11-25)19-28(21-38-32(35)23(3)4)30(29)26-14-12-24(13-15-26)9-8-16-33/h5-7,10-15,19-20,33H,1,3,8-9,16-18,21H2,2,4H3. The van der Waals surface area contributed by atoms with Crippen LogP contribution in [-0.4, -0.2) is 36.9 Å². The lowest BCUT2D eigenvalue weighted by Gasteiger charge is -2.19. The number of benzene rings is 3. The summed E-state index contributed by atoms with van der Waals surface area (Å²) in [6.07, 6.45) is 1.45. The zero-order valence-corrected chi connectivity index (χ0v) is 22.0. The van der Waals surface area contributed by atoms with Crippen molar-refractivity contribution in [3.05, 3.63) is 102 Å². The number of rotatable bonds is 13. The molecule has 3 aromatic rings. The van der Waals surface area contributed by atoms with Crippen molar-refractivity contribution >= 4 is 11.9 Å². The van der Waals surface area contributed by atoms with Crippen molar-refractivity contribution in [3.63, 3.8) is 0 Å². The van der Waals surface area contributed by atoms with Gasteiger partial charge in [-0.25, -0.2) is 9.59 Å². The number of aliphatic hydroxyl groups excluding tert-OH is 1. The van der Waals surface area contributed by atoms with Crippen LogP contribution in [0.2, 0.25) is 0 Å². The molecule has 198 valence electrons. The fourth-order valence-corrected chi connectivity index (χ4v) is 3.82. The van der Waals surface area contributed by atoms with Gasteiger partial charge in [0.05, 0.1) is 0 Å². The molecule has 0 spiro atoms. The van der Waals surface area contributed by atoms with Gasteiger partial charge in [0.1, 0.15) is 25.6 Å². The Morgan fingerprint density at radius 2 is 1.45 bits per heavy atom. The van der Waals surface area contributed by atoms with Crippen LogP contribution in [0.1, 0.15) is 31.4 Å². The summed E-state index contributed by atoms with van der Waals surface area (Å²) < 4.78 is 16.9. The molecule has 0 atom stereocenters. The molecule has 0 saturated heterocycles. The van der Waals surface area contributed by atoms with Crippen molar-refractivity contribution in [3.8, 4) is 28.0 Å². The first-order valence-corrected chi connectivity index (χ1v) is 12.5. The molecule has 0 heterocycles. The van der Waals surface area contributed by atoms with Crippen molar-refractivity contribution < 1.29 is 28.9 Å². The van der Waals surface area contributed by atoms with Crippen molar-refractivity contribution in [1.82, 2.24) is 0 Å². The SMILES string of the molecule is C=C(C)C(=O)OCCOc1cc(-c2ccccc2)cc(COC(=O)C(=C)C)c1-c1ccc(CCCO)cc1. The molecule has 6 nitrogen and oxygen atoms in total. The molecule has 0 saturated carbocycles. The first-order valence-electron chi connectivity index (χ1n) is 12.5. The molecule has 0 fully saturated rings. The Kier molecular flexibility index (Phi) is 10.4. The number of hydrogen-bond acceptors (Lipinski definition) is 6. The summed E-state index contributed by atoms with van der Waals surface area (Å²) in [5.74, 6) is -0.380.